The molecule has 1 aliphatic rings. The van der Waals surface area contributed by atoms with E-state index >= 15 is 0 Å². The quantitative estimate of drug-likeness (QED) is 0.893. The summed E-state index contributed by atoms with van der Waals surface area (Å²) in [5.74, 6) is 2.54. The van der Waals surface area contributed by atoms with Crippen LogP contribution in [0.2, 0.25) is 0 Å². The molecule has 0 spiro atoms. The number of nitrogens with one attached hydrogen (secondary N) is 1. The molecule has 2 unspecified atom stereocenters. The second-order valence-corrected chi connectivity index (χ2v) is 6.81. The second kappa shape index (κ2) is 5.44. The Hall–Kier alpha value is -0.480. The second-order valence-electron chi connectivity index (χ2n) is 5.66. The zero-order valence-electron chi connectivity index (χ0n) is 11.0. The van der Waals surface area contributed by atoms with Crippen molar-refractivity contribution in [1.82, 2.24) is 15.1 Å². The third-order valence-corrected chi connectivity index (χ3v) is 4.69. The van der Waals surface area contributed by atoms with Crippen molar-refractivity contribution in [3.8, 4) is 0 Å². The molecule has 0 aliphatic carbocycles. The van der Waals surface area contributed by atoms with Crippen LogP contribution < -0.4 is 5.32 Å². The number of hydrogen-bond acceptors (Lipinski definition) is 3. The first-order chi connectivity index (χ1) is 8.08. The van der Waals surface area contributed by atoms with Crippen molar-refractivity contribution in [2.24, 2.45) is 5.41 Å². The van der Waals surface area contributed by atoms with E-state index in [-0.39, 0.29) is 0 Å². The lowest BCUT2D eigenvalue weighted by Crippen LogP contribution is -2.50. The minimum atomic E-state index is 0.420. The zero-order chi connectivity index (χ0) is 12.3. The van der Waals surface area contributed by atoms with E-state index in [1.165, 1.54) is 17.9 Å². The number of nitrogens with zero attached hydrogens (tertiary/aromatic N) is 2. The fourth-order valence-corrected chi connectivity index (χ4v) is 3.92. The van der Waals surface area contributed by atoms with Crippen molar-refractivity contribution >= 4 is 11.8 Å². The Morgan fingerprint density at radius 3 is 3.06 bits per heavy atom. The lowest BCUT2D eigenvalue weighted by atomic mass is 9.82. The molecule has 1 fully saturated rings. The average Bonchev–Trinajstić information content (AvgIpc) is 2.73. The third-order valence-electron chi connectivity index (χ3n) is 3.62. The summed E-state index contributed by atoms with van der Waals surface area (Å²) in [6, 6.07) is 3.07. The summed E-state index contributed by atoms with van der Waals surface area (Å²) in [4.78, 5) is 0. The molecule has 2 heterocycles. The highest BCUT2D eigenvalue weighted by Crippen LogP contribution is 2.34. The van der Waals surface area contributed by atoms with Gasteiger partial charge in [0.25, 0.3) is 0 Å². The molecule has 1 aliphatic heterocycles. The van der Waals surface area contributed by atoms with Gasteiger partial charge in [-0.1, -0.05) is 13.8 Å². The van der Waals surface area contributed by atoms with E-state index in [0.717, 1.165) is 6.54 Å². The molecule has 17 heavy (non-hydrogen) atoms. The monoisotopic (exact) mass is 253 g/mol. The van der Waals surface area contributed by atoms with E-state index < -0.39 is 0 Å². The van der Waals surface area contributed by atoms with Gasteiger partial charge in [0.2, 0.25) is 0 Å². The highest BCUT2D eigenvalue weighted by atomic mass is 32.2. The summed E-state index contributed by atoms with van der Waals surface area (Å²) >= 11 is 2.07. The lowest BCUT2D eigenvalue weighted by Gasteiger charge is -2.40. The lowest BCUT2D eigenvalue weighted by molar-refractivity contribution is 0.224. The molecule has 1 saturated heterocycles. The molecular formula is C13H23N3S. The molecule has 0 amide bonds. The van der Waals surface area contributed by atoms with Crippen LogP contribution in [-0.4, -0.2) is 33.4 Å². The van der Waals surface area contributed by atoms with E-state index in [0.29, 0.717) is 17.5 Å². The van der Waals surface area contributed by atoms with Crippen LogP contribution >= 0.6 is 11.8 Å². The van der Waals surface area contributed by atoms with Gasteiger partial charge in [-0.15, -0.1) is 0 Å². The largest absolute Gasteiger partial charge is 0.308 e. The molecule has 96 valence electrons. The van der Waals surface area contributed by atoms with Crippen LogP contribution in [0.4, 0.5) is 0 Å². The summed E-state index contributed by atoms with van der Waals surface area (Å²) in [6.45, 7) is 7.96. The van der Waals surface area contributed by atoms with Crippen LogP contribution in [0.15, 0.2) is 18.5 Å². The van der Waals surface area contributed by atoms with Crippen LogP contribution in [0.25, 0.3) is 0 Å². The van der Waals surface area contributed by atoms with E-state index in [4.69, 9.17) is 0 Å². The predicted molar refractivity (Wildman–Crippen MR) is 74.3 cm³/mol. The smallest absolute Gasteiger partial charge is 0.0560 e. The Bertz CT molecular complexity index is 334. The average molecular weight is 253 g/mol. The van der Waals surface area contributed by atoms with Gasteiger partial charge < -0.3 is 5.32 Å². The molecule has 0 saturated carbocycles. The molecule has 3 nitrogen and oxygen atoms in total. The summed E-state index contributed by atoms with van der Waals surface area (Å²) in [7, 11) is 0. The molecule has 0 bridgehead atoms. The van der Waals surface area contributed by atoms with Crippen LogP contribution in [0.1, 0.15) is 27.2 Å². The maximum Gasteiger partial charge on any atom is 0.0560 e. The minimum absolute atomic E-state index is 0.420. The SMILES string of the molecule is CC(Cn1cccn1)NC1CSCCC1(C)C. The number of aromatic nitrogens is 2. The van der Waals surface area contributed by atoms with Crippen molar-refractivity contribution in [1.29, 1.82) is 0 Å². The van der Waals surface area contributed by atoms with Gasteiger partial charge in [-0.3, -0.25) is 4.68 Å². The fraction of sp³-hybridized carbons (Fsp3) is 0.769. The van der Waals surface area contributed by atoms with Crippen molar-refractivity contribution in [3.05, 3.63) is 18.5 Å². The Labute approximate surface area is 108 Å². The van der Waals surface area contributed by atoms with Gasteiger partial charge in [0.05, 0.1) is 6.54 Å². The highest BCUT2D eigenvalue weighted by molar-refractivity contribution is 7.99. The molecule has 0 radical (unpaired) electrons. The minimum Gasteiger partial charge on any atom is -0.308 e. The van der Waals surface area contributed by atoms with E-state index in [1.54, 1.807) is 0 Å². The van der Waals surface area contributed by atoms with Gasteiger partial charge in [0.1, 0.15) is 0 Å². The zero-order valence-corrected chi connectivity index (χ0v) is 11.8. The van der Waals surface area contributed by atoms with Crippen molar-refractivity contribution in [2.75, 3.05) is 11.5 Å². The summed E-state index contributed by atoms with van der Waals surface area (Å²) in [5.41, 5.74) is 0.420. The third kappa shape index (κ3) is 3.49. The Balaban J connectivity index is 1.87. The van der Waals surface area contributed by atoms with Crippen LogP contribution in [0.3, 0.4) is 0 Å². The van der Waals surface area contributed by atoms with Gasteiger partial charge in [0.15, 0.2) is 0 Å². The first-order valence-electron chi connectivity index (χ1n) is 6.39. The predicted octanol–water partition coefficient (Wildman–Crippen LogP) is 2.39. The Morgan fingerprint density at radius 2 is 2.41 bits per heavy atom. The molecular weight excluding hydrogens is 230 g/mol. The molecule has 0 aromatic carbocycles. The topological polar surface area (TPSA) is 29.9 Å². The maximum atomic E-state index is 4.26. The molecule has 1 aromatic rings. The van der Waals surface area contributed by atoms with Gasteiger partial charge in [-0.25, -0.2) is 0 Å². The van der Waals surface area contributed by atoms with Crippen molar-refractivity contribution < 1.29 is 0 Å². The van der Waals surface area contributed by atoms with E-state index in [1.807, 2.05) is 23.1 Å². The first kappa shape index (κ1) is 13.0. The van der Waals surface area contributed by atoms with Gasteiger partial charge in [-0.05, 0) is 30.6 Å². The summed E-state index contributed by atoms with van der Waals surface area (Å²) in [6.07, 6.45) is 5.18. The number of rotatable bonds is 4. The first-order valence-corrected chi connectivity index (χ1v) is 7.54. The van der Waals surface area contributed by atoms with Gasteiger partial charge in [-0.2, -0.15) is 16.9 Å². The molecule has 1 N–H and O–H groups in total. The normalized spacial score (nSPS) is 25.7. The number of thioether (sulfide) groups is 1. The summed E-state index contributed by atoms with van der Waals surface area (Å²) in [5, 5.41) is 8.02. The van der Waals surface area contributed by atoms with E-state index in [2.05, 4.69) is 42.9 Å². The standard InChI is InChI=1S/C13H23N3S/c1-11(9-16-7-4-6-14-16)15-12-10-17-8-5-13(12,2)3/h4,6-7,11-12,15H,5,8-10H2,1-3H3. The highest BCUT2D eigenvalue weighted by Gasteiger charge is 2.33. The van der Waals surface area contributed by atoms with Crippen LogP contribution in [0.5, 0.6) is 0 Å². The Kier molecular flexibility index (Phi) is 4.15. The van der Waals surface area contributed by atoms with E-state index in [9.17, 15) is 0 Å². The molecule has 4 heteroatoms. The van der Waals surface area contributed by atoms with Gasteiger partial charge >= 0.3 is 0 Å². The van der Waals surface area contributed by atoms with Crippen LogP contribution in [-0.2, 0) is 6.54 Å². The van der Waals surface area contributed by atoms with Crippen LogP contribution in [0, 0.1) is 5.41 Å². The molecule has 2 atom stereocenters. The van der Waals surface area contributed by atoms with Crippen molar-refractivity contribution in [3.63, 3.8) is 0 Å². The maximum absolute atomic E-state index is 4.26. The number of hydrogen-bond donors (Lipinski definition) is 1. The molecule has 2 rings (SSSR count). The van der Waals surface area contributed by atoms with Crippen molar-refractivity contribution in [2.45, 2.75) is 45.8 Å². The molecule has 1 aromatic heterocycles. The summed E-state index contributed by atoms with van der Waals surface area (Å²) < 4.78 is 2.00. The van der Waals surface area contributed by atoms with Gasteiger partial charge in [0, 0.05) is 30.2 Å². The fourth-order valence-electron chi connectivity index (χ4n) is 2.30. The Morgan fingerprint density at radius 1 is 1.59 bits per heavy atom.